The average Bonchev–Trinajstić information content (AvgIpc) is 2.20. The first kappa shape index (κ1) is 8.62. The molecule has 1 aromatic heterocycles. The van der Waals surface area contributed by atoms with Gasteiger partial charge in [0.05, 0.1) is 18.8 Å². The molecule has 4 nitrogen and oxygen atoms in total. The average molecular weight is 192 g/mol. The van der Waals surface area contributed by atoms with E-state index in [9.17, 15) is 9.90 Å². The summed E-state index contributed by atoms with van der Waals surface area (Å²) in [6.45, 7) is 0. The van der Waals surface area contributed by atoms with Crippen LogP contribution in [0.5, 0.6) is 11.5 Å². The number of fused-ring (bicyclic) bond motifs is 1. The Hall–Kier alpha value is -1.97. The van der Waals surface area contributed by atoms with Gasteiger partial charge in [0, 0.05) is 6.07 Å². The van der Waals surface area contributed by atoms with Gasteiger partial charge in [0.25, 0.3) is 0 Å². The molecule has 2 rings (SSSR count). The minimum atomic E-state index is -0.191. The smallest absolute Gasteiger partial charge is 0.202 e. The predicted molar refractivity (Wildman–Crippen MR) is 50.7 cm³/mol. The second-order valence-electron chi connectivity index (χ2n) is 2.78. The molecule has 1 aromatic carbocycles. The normalized spacial score (nSPS) is 10.4. The van der Waals surface area contributed by atoms with Gasteiger partial charge >= 0.3 is 0 Å². The van der Waals surface area contributed by atoms with Crippen molar-refractivity contribution in [2.45, 2.75) is 0 Å². The van der Waals surface area contributed by atoms with Crippen LogP contribution in [0, 0.1) is 0 Å². The lowest BCUT2D eigenvalue weighted by molar-refractivity contribution is 0.371. The lowest BCUT2D eigenvalue weighted by atomic mass is 10.2. The number of aromatic hydroxyl groups is 1. The number of rotatable bonds is 1. The second-order valence-corrected chi connectivity index (χ2v) is 2.78. The Bertz CT molecular complexity index is 527. The van der Waals surface area contributed by atoms with Crippen LogP contribution in [0.2, 0.25) is 0 Å². The number of phenolic OH excluding ortho intramolecular Hbond substituents is 1. The van der Waals surface area contributed by atoms with Crippen molar-refractivity contribution in [3.05, 3.63) is 34.7 Å². The van der Waals surface area contributed by atoms with Crippen LogP contribution >= 0.6 is 0 Å². The van der Waals surface area contributed by atoms with E-state index in [4.69, 9.17) is 9.15 Å². The van der Waals surface area contributed by atoms with Crippen molar-refractivity contribution in [2.75, 3.05) is 7.11 Å². The first-order valence-corrected chi connectivity index (χ1v) is 4.01. The summed E-state index contributed by atoms with van der Waals surface area (Å²) in [7, 11) is 1.43. The van der Waals surface area contributed by atoms with Crippen molar-refractivity contribution in [2.24, 2.45) is 0 Å². The third-order valence-corrected chi connectivity index (χ3v) is 1.99. The molecule has 0 unspecified atom stereocenters. The minimum Gasteiger partial charge on any atom is -0.502 e. The van der Waals surface area contributed by atoms with Gasteiger partial charge in [-0.15, -0.1) is 0 Å². The largest absolute Gasteiger partial charge is 0.502 e. The Balaban J connectivity index is 2.91. The number of methoxy groups -OCH3 is 1. The highest BCUT2D eigenvalue weighted by molar-refractivity contribution is 5.84. The van der Waals surface area contributed by atoms with Crippen molar-refractivity contribution in [3.8, 4) is 11.5 Å². The topological polar surface area (TPSA) is 59.7 Å². The molecule has 0 spiro atoms. The van der Waals surface area contributed by atoms with Crippen LogP contribution in [0.3, 0.4) is 0 Å². The van der Waals surface area contributed by atoms with Crippen molar-refractivity contribution in [3.63, 3.8) is 0 Å². The van der Waals surface area contributed by atoms with Gasteiger partial charge in [-0.3, -0.25) is 4.79 Å². The Kier molecular flexibility index (Phi) is 1.89. The zero-order valence-corrected chi connectivity index (χ0v) is 7.48. The van der Waals surface area contributed by atoms with E-state index in [1.54, 1.807) is 6.07 Å². The molecule has 4 heteroatoms. The fraction of sp³-hybridized carbons (Fsp3) is 0.100. The highest BCUT2D eigenvalue weighted by atomic mass is 16.5. The summed E-state index contributed by atoms with van der Waals surface area (Å²) in [5.41, 5.74) is -0.0407. The third kappa shape index (κ3) is 1.12. The van der Waals surface area contributed by atoms with Gasteiger partial charge in [-0.05, 0) is 12.1 Å². The summed E-state index contributed by atoms with van der Waals surface area (Å²) in [6.07, 6.45) is 1.24. The van der Waals surface area contributed by atoms with Gasteiger partial charge in [-0.1, -0.05) is 0 Å². The van der Waals surface area contributed by atoms with E-state index in [-0.39, 0.29) is 22.5 Å². The summed E-state index contributed by atoms with van der Waals surface area (Å²) in [4.78, 5) is 11.3. The monoisotopic (exact) mass is 192 g/mol. The first-order chi connectivity index (χ1) is 6.74. The summed E-state index contributed by atoms with van der Waals surface area (Å²) in [5, 5.41) is 9.96. The van der Waals surface area contributed by atoms with Crippen LogP contribution in [-0.4, -0.2) is 12.2 Å². The lowest BCUT2D eigenvalue weighted by Gasteiger charge is -2.04. The van der Waals surface area contributed by atoms with E-state index in [2.05, 4.69) is 0 Å². The molecule has 0 fully saturated rings. The number of hydrogen-bond acceptors (Lipinski definition) is 4. The summed E-state index contributed by atoms with van der Waals surface area (Å²) >= 11 is 0. The summed E-state index contributed by atoms with van der Waals surface area (Å²) < 4.78 is 9.92. The van der Waals surface area contributed by atoms with E-state index < -0.39 is 0 Å². The maximum Gasteiger partial charge on any atom is 0.202 e. The van der Waals surface area contributed by atoms with Gasteiger partial charge in [0.2, 0.25) is 5.75 Å². The highest BCUT2D eigenvalue weighted by Gasteiger charge is 2.10. The molecule has 0 bridgehead atoms. The summed E-state index contributed by atoms with van der Waals surface area (Å²) in [5.74, 6) is 0.134. The lowest BCUT2D eigenvalue weighted by Crippen LogP contribution is -1.98. The van der Waals surface area contributed by atoms with Crippen LogP contribution in [-0.2, 0) is 0 Å². The number of phenols is 1. The molecule has 0 radical (unpaired) electrons. The fourth-order valence-electron chi connectivity index (χ4n) is 1.28. The molecule has 0 atom stereocenters. The Labute approximate surface area is 79.4 Å². The molecule has 0 amide bonds. The van der Waals surface area contributed by atoms with Crippen LogP contribution in [0.15, 0.2) is 33.7 Å². The Morgan fingerprint density at radius 3 is 2.86 bits per heavy atom. The van der Waals surface area contributed by atoms with E-state index in [1.807, 2.05) is 0 Å². The van der Waals surface area contributed by atoms with Crippen molar-refractivity contribution >= 4 is 11.0 Å². The number of ether oxygens (including phenoxy) is 1. The van der Waals surface area contributed by atoms with Gasteiger partial charge in [-0.25, -0.2) is 0 Å². The molecule has 14 heavy (non-hydrogen) atoms. The third-order valence-electron chi connectivity index (χ3n) is 1.99. The van der Waals surface area contributed by atoms with E-state index in [0.29, 0.717) is 5.39 Å². The molecule has 1 heterocycles. The SMILES string of the molecule is COc1ccc2c(=O)ccoc2c1O. The molecule has 0 aliphatic heterocycles. The zero-order chi connectivity index (χ0) is 10.1. The Morgan fingerprint density at radius 1 is 1.36 bits per heavy atom. The van der Waals surface area contributed by atoms with E-state index >= 15 is 0 Å². The molecule has 72 valence electrons. The highest BCUT2D eigenvalue weighted by Crippen LogP contribution is 2.32. The van der Waals surface area contributed by atoms with Crippen molar-refractivity contribution in [1.29, 1.82) is 0 Å². The second kappa shape index (κ2) is 3.06. The van der Waals surface area contributed by atoms with Gasteiger partial charge in [0.15, 0.2) is 16.8 Å². The molecule has 0 aliphatic rings. The molecule has 0 saturated heterocycles. The van der Waals surface area contributed by atoms with Crippen molar-refractivity contribution in [1.82, 2.24) is 0 Å². The standard InChI is InChI=1S/C10H8O4/c1-13-8-3-2-6-7(11)4-5-14-10(6)9(8)12/h2-5,12H,1H3. The van der Waals surface area contributed by atoms with Crippen LogP contribution in [0.1, 0.15) is 0 Å². The summed E-state index contributed by atoms with van der Waals surface area (Å²) in [6, 6.07) is 4.38. The van der Waals surface area contributed by atoms with Crippen LogP contribution in [0.25, 0.3) is 11.0 Å². The zero-order valence-electron chi connectivity index (χ0n) is 7.48. The molecule has 0 saturated carbocycles. The molecular weight excluding hydrogens is 184 g/mol. The van der Waals surface area contributed by atoms with Crippen LogP contribution < -0.4 is 10.2 Å². The molecule has 1 N–H and O–H groups in total. The van der Waals surface area contributed by atoms with Gasteiger partial charge in [0.1, 0.15) is 0 Å². The minimum absolute atomic E-state index is 0.150. The van der Waals surface area contributed by atoms with Gasteiger partial charge in [-0.2, -0.15) is 0 Å². The number of benzene rings is 1. The predicted octanol–water partition coefficient (Wildman–Crippen LogP) is 1.51. The maximum atomic E-state index is 11.3. The number of hydrogen-bond donors (Lipinski definition) is 1. The maximum absolute atomic E-state index is 11.3. The van der Waals surface area contributed by atoms with Crippen molar-refractivity contribution < 1.29 is 14.3 Å². The van der Waals surface area contributed by atoms with E-state index in [1.165, 1.54) is 25.5 Å². The molecular formula is C10H8O4. The first-order valence-electron chi connectivity index (χ1n) is 4.01. The Morgan fingerprint density at radius 2 is 2.14 bits per heavy atom. The molecule has 2 aromatic rings. The van der Waals surface area contributed by atoms with E-state index in [0.717, 1.165) is 0 Å². The quantitative estimate of drug-likeness (QED) is 0.743. The van der Waals surface area contributed by atoms with Crippen LogP contribution in [0.4, 0.5) is 0 Å². The van der Waals surface area contributed by atoms with Gasteiger partial charge < -0.3 is 14.3 Å². The fourth-order valence-corrected chi connectivity index (χ4v) is 1.28. The molecule has 0 aliphatic carbocycles.